The van der Waals surface area contributed by atoms with Crippen molar-refractivity contribution in [2.24, 2.45) is 7.05 Å². The minimum Gasteiger partial charge on any atom is -0.507 e. The summed E-state index contributed by atoms with van der Waals surface area (Å²) in [5, 5.41) is 11.4. The standard InChI is InChI=1S/C26H22ClFN4O2/c1-30-11-12-32(26(30)34)23-6-5-17(13-22(23)27)20-15-19(28)16-21(25(20)33)18-7-8-29-24(14-18)31-9-3-2-4-10-31/h2-3,5-8,11-16,33H,4,9-10H2,1H3. The number of aryl methyl sites for hydroxylation is 1. The van der Waals surface area contributed by atoms with Crippen LogP contribution in [-0.4, -0.2) is 32.3 Å². The topological polar surface area (TPSA) is 63.3 Å². The number of hydrogen-bond donors (Lipinski definition) is 1. The zero-order valence-electron chi connectivity index (χ0n) is 18.4. The number of rotatable bonds is 4. The molecule has 8 heteroatoms. The summed E-state index contributed by atoms with van der Waals surface area (Å²) in [6.45, 7) is 1.61. The maximum Gasteiger partial charge on any atom is 0.332 e. The lowest BCUT2D eigenvalue weighted by Crippen LogP contribution is -2.27. The van der Waals surface area contributed by atoms with Crippen molar-refractivity contribution in [3.05, 3.63) is 94.5 Å². The van der Waals surface area contributed by atoms with Gasteiger partial charge in [-0.2, -0.15) is 0 Å². The molecule has 172 valence electrons. The molecule has 2 aromatic carbocycles. The third kappa shape index (κ3) is 3.99. The molecule has 2 aromatic heterocycles. The van der Waals surface area contributed by atoms with E-state index in [9.17, 15) is 14.3 Å². The van der Waals surface area contributed by atoms with Crippen LogP contribution in [0.25, 0.3) is 27.9 Å². The Balaban J connectivity index is 1.56. The lowest BCUT2D eigenvalue weighted by Gasteiger charge is -2.24. The predicted octanol–water partition coefficient (Wildman–Crippen LogP) is 5.17. The average molecular weight is 477 g/mol. The van der Waals surface area contributed by atoms with E-state index < -0.39 is 5.82 Å². The summed E-state index contributed by atoms with van der Waals surface area (Å²) in [4.78, 5) is 18.9. The number of aromatic nitrogens is 3. The third-order valence-electron chi connectivity index (χ3n) is 5.98. The van der Waals surface area contributed by atoms with E-state index in [1.165, 1.54) is 21.3 Å². The van der Waals surface area contributed by atoms with E-state index in [1.807, 2.05) is 6.07 Å². The van der Waals surface area contributed by atoms with E-state index >= 15 is 0 Å². The van der Waals surface area contributed by atoms with Crippen molar-refractivity contribution in [2.75, 3.05) is 18.0 Å². The van der Waals surface area contributed by atoms with Crippen molar-refractivity contribution < 1.29 is 9.50 Å². The SMILES string of the molecule is Cn1ccn(-c2ccc(-c3cc(F)cc(-c4ccnc(N5CC=CCC5)c4)c3O)cc2Cl)c1=O. The number of pyridine rings is 1. The van der Waals surface area contributed by atoms with E-state index in [4.69, 9.17) is 11.6 Å². The van der Waals surface area contributed by atoms with Gasteiger partial charge in [-0.1, -0.05) is 29.8 Å². The maximum atomic E-state index is 14.7. The van der Waals surface area contributed by atoms with E-state index in [0.717, 1.165) is 25.3 Å². The Morgan fingerprint density at radius 2 is 1.79 bits per heavy atom. The van der Waals surface area contributed by atoms with Crippen molar-refractivity contribution >= 4 is 17.4 Å². The summed E-state index contributed by atoms with van der Waals surface area (Å²) in [5.74, 6) is 0.229. The third-order valence-corrected chi connectivity index (χ3v) is 6.28. The molecular formula is C26H22ClFN4O2. The number of anilines is 1. The summed E-state index contributed by atoms with van der Waals surface area (Å²) in [7, 11) is 1.65. The molecule has 6 nitrogen and oxygen atoms in total. The van der Waals surface area contributed by atoms with Crippen LogP contribution in [-0.2, 0) is 7.05 Å². The number of imidazole rings is 1. The van der Waals surface area contributed by atoms with Crippen LogP contribution in [0.3, 0.4) is 0 Å². The summed E-state index contributed by atoms with van der Waals surface area (Å²) >= 11 is 6.49. The zero-order chi connectivity index (χ0) is 23.8. The molecule has 0 spiro atoms. The van der Waals surface area contributed by atoms with Crippen LogP contribution >= 0.6 is 11.6 Å². The molecule has 0 aliphatic carbocycles. The molecule has 1 aliphatic heterocycles. The Labute approximate surface area is 200 Å². The molecule has 0 bridgehead atoms. The smallest absolute Gasteiger partial charge is 0.332 e. The van der Waals surface area contributed by atoms with Crippen LogP contribution in [0.5, 0.6) is 5.75 Å². The van der Waals surface area contributed by atoms with Gasteiger partial charge in [-0.05, 0) is 53.9 Å². The highest BCUT2D eigenvalue weighted by Gasteiger charge is 2.17. The van der Waals surface area contributed by atoms with Crippen molar-refractivity contribution in [3.63, 3.8) is 0 Å². The van der Waals surface area contributed by atoms with Gasteiger partial charge in [-0.3, -0.25) is 4.57 Å². The molecule has 3 heterocycles. The molecule has 0 unspecified atom stereocenters. The van der Waals surface area contributed by atoms with Gasteiger partial charge in [0.1, 0.15) is 17.4 Å². The lowest BCUT2D eigenvalue weighted by molar-refractivity contribution is 0.477. The van der Waals surface area contributed by atoms with Crippen LogP contribution in [0.15, 0.2) is 78.0 Å². The van der Waals surface area contributed by atoms with E-state index in [0.29, 0.717) is 33.0 Å². The van der Waals surface area contributed by atoms with E-state index in [1.54, 1.807) is 49.9 Å². The van der Waals surface area contributed by atoms with E-state index in [2.05, 4.69) is 22.0 Å². The van der Waals surface area contributed by atoms with Crippen LogP contribution in [0.1, 0.15) is 6.42 Å². The Hall–Kier alpha value is -3.84. The van der Waals surface area contributed by atoms with Gasteiger partial charge >= 0.3 is 5.69 Å². The van der Waals surface area contributed by atoms with Gasteiger partial charge in [0.15, 0.2) is 0 Å². The number of aromatic hydroxyl groups is 1. The normalized spacial score (nSPS) is 13.4. The number of halogens is 2. The largest absolute Gasteiger partial charge is 0.507 e. The fourth-order valence-electron chi connectivity index (χ4n) is 4.16. The quantitative estimate of drug-likeness (QED) is 0.413. The molecule has 4 aromatic rings. The number of nitrogens with zero attached hydrogens (tertiary/aromatic N) is 4. The second kappa shape index (κ2) is 8.83. The van der Waals surface area contributed by atoms with Gasteiger partial charge < -0.3 is 14.6 Å². The van der Waals surface area contributed by atoms with Crippen molar-refractivity contribution in [1.29, 1.82) is 0 Å². The fraction of sp³-hybridized carbons (Fsp3) is 0.154. The average Bonchev–Trinajstić information content (AvgIpc) is 3.18. The molecule has 1 aliphatic rings. The molecule has 5 rings (SSSR count). The first kappa shape index (κ1) is 22.0. The summed E-state index contributed by atoms with van der Waals surface area (Å²) in [5.41, 5.74) is 2.14. The van der Waals surface area contributed by atoms with Gasteiger partial charge in [0.05, 0.1) is 10.7 Å². The minimum absolute atomic E-state index is 0.0576. The Morgan fingerprint density at radius 1 is 1.03 bits per heavy atom. The Kier molecular flexibility index (Phi) is 5.71. The van der Waals surface area contributed by atoms with Crippen molar-refractivity contribution in [3.8, 4) is 33.7 Å². The van der Waals surface area contributed by atoms with Gasteiger partial charge in [-0.25, -0.2) is 14.2 Å². The minimum atomic E-state index is -0.485. The summed E-state index contributed by atoms with van der Waals surface area (Å²) < 4.78 is 17.6. The zero-order valence-corrected chi connectivity index (χ0v) is 19.2. The highest BCUT2D eigenvalue weighted by atomic mass is 35.5. The Bertz CT molecular complexity index is 1470. The van der Waals surface area contributed by atoms with Gasteiger partial charge in [0.2, 0.25) is 0 Å². The molecule has 0 saturated heterocycles. The van der Waals surface area contributed by atoms with Crippen LogP contribution < -0.4 is 10.6 Å². The Morgan fingerprint density at radius 3 is 2.44 bits per heavy atom. The number of phenolic OH excluding ortho intramolecular Hbond substituents is 1. The van der Waals surface area contributed by atoms with Crippen molar-refractivity contribution in [2.45, 2.75) is 6.42 Å². The molecule has 0 saturated carbocycles. The first-order valence-electron chi connectivity index (χ1n) is 10.9. The summed E-state index contributed by atoms with van der Waals surface area (Å²) in [6, 6.07) is 11.2. The van der Waals surface area contributed by atoms with Crippen LogP contribution in [0.2, 0.25) is 5.02 Å². The number of hydrogen-bond acceptors (Lipinski definition) is 4. The molecular weight excluding hydrogens is 455 g/mol. The maximum absolute atomic E-state index is 14.7. The molecule has 1 N–H and O–H groups in total. The monoisotopic (exact) mass is 476 g/mol. The highest BCUT2D eigenvalue weighted by Crippen LogP contribution is 2.40. The second-order valence-electron chi connectivity index (χ2n) is 8.19. The molecule has 0 amide bonds. The lowest BCUT2D eigenvalue weighted by atomic mass is 9.97. The molecule has 0 atom stereocenters. The predicted molar refractivity (Wildman–Crippen MR) is 132 cm³/mol. The highest BCUT2D eigenvalue weighted by molar-refractivity contribution is 6.32. The second-order valence-corrected chi connectivity index (χ2v) is 8.59. The number of phenols is 1. The first-order chi connectivity index (χ1) is 16.4. The molecule has 0 fully saturated rings. The van der Waals surface area contributed by atoms with E-state index in [-0.39, 0.29) is 11.4 Å². The number of benzene rings is 2. The molecule has 0 radical (unpaired) electrons. The van der Waals surface area contributed by atoms with Crippen molar-refractivity contribution in [1.82, 2.24) is 14.1 Å². The first-order valence-corrected chi connectivity index (χ1v) is 11.2. The molecule has 34 heavy (non-hydrogen) atoms. The van der Waals surface area contributed by atoms with Gasteiger partial charge in [0.25, 0.3) is 0 Å². The van der Waals surface area contributed by atoms with Crippen LogP contribution in [0, 0.1) is 5.82 Å². The fourth-order valence-corrected chi connectivity index (χ4v) is 4.44. The summed E-state index contributed by atoms with van der Waals surface area (Å²) in [6.07, 6.45) is 10.1. The van der Waals surface area contributed by atoms with Crippen LogP contribution in [0.4, 0.5) is 10.2 Å². The van der Waals surface area contributed by atoms with Gasteiger partial charge in [0, 0.05) is 49.9 Å². The van der Waals surface area contributed by atoms with Gasteiger partial charge in [-0.15, -0.1) is 0 Å².